The Hall–Kier alpha value is -3.08. The molecule has 0 amide bonds. The number of hydrogen-bond acceptors (Lipinski definition) is 3. The maximum absolute atomic E-state index is 11.8. The van der Waals surface area contributed by atoms with Crippen LogP contribution < -0.4 is 0 Å². The third kappa shape index (κ3) is 2.26. The highest BCUT2D eigenvalue weighted by Gasteiger charge is 2.25. The van der Waals surface area contributed by atoms with E-state index in [2.05, 4.69) is 0 Å². The van der Waals surface area contributed by atoms with Gasteiger partial charge >= 0.3 is 11.9 Å². The lowest BCUT2D eigenvalue weighted by atomic mass is 9.93. The maximum atomic E-state index is 11.8. The van der Waals surface area contributed by atoms with Crippen LogP contribution in [0.5, 0.6) is 0 Å². The minimum atomic E-state index is -1.15. The van der Waals surface area contributed by atoms with Crippen LogP contribution in [0.1, 0.15) is 31.8 Å². The van der Waals surface area contributed by atoms with Gasteiger partial charge in [-0.05, 0) is 36.2 Å². The van der Waals surface area contributed by atoms with Crippen molar-refractivity contribution in [1.29, 1.82) is 0 Å². The van der Waals surface area contributed by atoms with Crippen LogP contribution in [0.4, 0.5) is 0 Å². The van der Waals surface area contributed by atoms with Gasteiger partial charge in [0.1, 0.15) is 11.3 Å². The molecule has 2 N–H and O–H groups in total. The van der Waals surface area contributed by atoms with Crippen LogP contribution in [-0.2, 0) is 0 Å². The Balaban J connectivity index is 2.42. The van der Waals surface area contributed by atoms with Crippen molar-refractivity contribution in [3.05, 3.63) is 58.8 Å². The summed E-state index contributed by atoms with van der Waals surface area (Å²) in [5.41, 5.74) is 1.70. The summed E-state index contributed by atoms with van der Waals surface area (Å²) in [6.07, 6.45) is 1.32. The zero-order valence-corrected chi connectivity index (χ0v) is 12.6. The molecule has 0 fully saturated rings. The van der Waals surface area contributed by atoms with Gasteiger partial charge in [0.2, 0.25) is 0 Å². The van der Waals surface area contributed by atoms with E-state index in [1.54, 1.807) is 31.2 Å². The minimum absolute atomic E-state index is 0.0143. The number of rotatable bonds is 3. The van der Waals surface area contributed by atoms with Crippen LogP contribution in [0, 0.1) is 13.8 Å². The Morgan fingerprint density at radius 1 is 0.870 bits per heavy atom. The molecular weight excluding hydrogens is 296 g/mol. The average molecular weight is 310 g/mol. The van der Waals surface area contributed by atoms with Gasteiger partial charge in [0.15, 0.2) is 0 Å². The molecule has 1 aromatic heterocycles. The second-order valence-electron chi connectivity index (χ2n) is 5.39. The number of carboxylic acid groups (broad SMARTS) is 2. The smallest absolute Gasteiger partial charge is 0.339 e. The Kier molecular flexibility index (Phi) is 3.41. The lowest BCUT2D eigenvalue weighted by Gasteiger charge is -2.10. The first kappa shape index (κ1) is 14.8. The summed E-state index contributed by atoms with van der Waals surface area (Å²) >= 11 is 0. The van der Waals surface area contributed by atoms with Crippen molar-refractivity contribution in [3.8, 4) is 11.3 Å². The zero-order chi connectivity index (χ0) is 16.7. The first-order valence-corrected chi connectivity index (χ1v) is 6.99. The number of furan rings is 1. The fraction of sp³-hybridized carbons (Fsp3) is 0.111. The number of aromatic carboxylic acids is 2. The van der Waals surface area contributed by atoms with Crippen LogP contribution in [0.2, 0.25) is 0 Å². The summed E-state index contributed by atoms with van der Waals surface area (Å²) < 4.78 is 5.37. The Bertz CT molecular complexity index is 949. The van der Waals surface area contributed by atoms with Crippen LogP contribution in [0.25, 0.3) is 22.1 Å². The highest BCUT2D eigenvalue weighted by Crippen LogP contribution is 2.35. The van der Waals surface area contributed by atoms with Crippen LogP contribution in [-0.4, -0.2) is 22.2 Å². The minimum Gasteiger partial charge on any atom is -0.478 e. The van der Waals surface area contributed by atoms with Crippen molar-refractivity contribution in [2.75, 3.05) is 0 Å². The summed E-state index contributed by atoms with van der Waals surface area (Å²) in [6, 6.07) is 8.78. The number of aryl methyl sites for hydroxylation is 2. The van der Waals surface area contributed by atoms with E-state index in [4.69, 9.17) is 4.42 Å². The van der Waals surface area contributed by atoms with E-state index in [0.29, 0.717) is 10.9 Å². The molecule has 0 aliphatic carbocycles. The summed E-state index contributed by atoms with van der Waals surface area (Å²) in [4.78, 5) is 23.3. The second kappa shape index (κ2) is 5.28. The largest absolute Gasteiger partial charge is 0.478 e. The van der Waals surface area contributed by atoms with Gasteiger partial charge in [-0.2, -0.15) is 0 Å². The Morgan fingerprint density at radius 3 is 2.22 bits per heavy atom. The maximum Gasteiger partial charge on any atom is 0.339 e. The number of carbonyl (C=O) groups is 2. The van der Waals surface area contributed by atoms with Gasteiger partial charge < -0.3 is 14.6 Å². The molecule has 2 aromatic carbocycles. The van der Waals surface area contributed by atoms with Gasteiger partial charge in [0.05, 0.1) is 11.8 Å². The van der Waals surface area contributed by atoms with Crippen molar-refractivity contribution in [1.82, 2.24) is 0 Å². The molecular formula is C18H14O5. The van der Waals surface area contributed by atoms with Gasteiger partial charge in [-0.15, -0.1) is 0 Å². The molecule has 0 saturated carbocycles. The Morgan fingerprint density at radius 2 is 1.57 bits per heavy atom. The van der Waals surface area contributed by atoms with Crippen molar-refractivity contribution >= 4 is 22.7 Å². The third-order valence-corrected chi connectivity index (χ3v) is 3.93. The lowest BCUT2D eigenvalue weighted by molar-refractivity contribution is 0.0684. The number of carboxylic acids is 2. The fourth-order valence-electron chi connectivity index (χ4n) is 2.84. The molecule has 0 atom stereocenters. The van der Waals surface area contributed by atoms with E-state index >= 15 is 0 Å². The quantitative estimate of drug-likeness (QED) is 0.760. The molecule has 0 spiro atoms. The molecule has 3 rings (SSSR count). The molecule has 0 aliphatic rings. The molecule has 0 aliphatic heterocycles. The second-order valence-corrected chi connectivity index (χ2v) is 5.39. The van der Waals surface area contributed by atoms with Crippen LogP contribution >= 0.6 is 0 Å². The predicted molar refractivity (Wildman–Crippen MR) is 85.0 cm³/mol. The molecule has 0 bridgehead atoms. The predicted octanol–water partition coefficient (Wildman–Crippen LogP) is 4.11. The molecule has 116 valence electrons. The van der Waals surface area contributed by atoms with Gasteiger partial charge in [0, 0.05) is 11.1 Å². The number of fused-ring (bicyclic) bond motifs is 1. The van der Waals surface area contributed by atoms with E-state index in [1.807, 2.05) is 13.0 Å². The van der Waals surface area contributed by atoms with E-state index < -0.39 is 11.9 Å². The molecule has 3 aromatic rings. The van der Waals surface area contributed by atoms with E-state index in [-0.39, 0.29) is 22.5 Å². The van der Waals surface area contributed by atoms with E-state index in [0.717, 1.165) is 10.9 Å². The highest BCUT2D eigenvalue weighted by atomic mass is 16.4. The zero-order valence-electron chi connectivity index (χ0n) is 12.6. The van der Waals surface area contributed by atoms with Gasteiger partial charge in [0.25, 0.3) is 0 Å². The summed E-state index contributed by atoms with van der Waals surface area (Å²) in [7, 11) is 0. The number of benzene rings is 2. The van der Waals surface area contributed by atoms with E-state index in [9.17, 15) is 19.8 Å². The van der Waals surface area contributed by atoms with Crippen molar-refractivity contribution in [2.24, 2.45) is 0 Å². The molecule has 0 saturated heterocycles. The highest BCUT2D eigenvalue weighted by molar-refractivity contribution is 6.11. The van der Waals surface area contributed by atoms with Crippen molar-refractivity contribution < 1.29 is 24.2 Å². The molecule has 5 heteroatoms. The van der Waals surface area contributed by atoms with Gasteiger partial charge in [-0.3, -0.25) is 0 Å². The average Bonchev–Trinajstić information content (AvgIpc) is 2.88. The summed E-state index contributed by atoms with van der Waals surface area (Å²) in [6.45, 7) is 3.51. The molecule has 5 nitrogen and oxygen atoms in total. The molecule has 23 heavy (non-hydrogen) atoms. The molecule has 0 unspecified atom stereocenters. The van der Waals surface area contributed by atoms with Crippen LogP contribution in [0.15, 0.2) is 41.0 Å². The monoisotopic (exact) mass is 310 g/mol. The standard InChI is InChI=1S/C18H14O5/c1-9-4-3-5-12-11(9)6-7-13(15(12)18(21)22)16-14(17(19)20)10(2)8-23-16/h3-8H,1-2H3,(H,19,20)(H,21,22). The topological polar surface area (TPSA) is 87.7 Å². The van der Waals surface area contributed by atoms with Gasteiger partial charge in [-0.25, -0.2) is 9.59 Å². The number of hydrogen-bond donors (Lipinski definition) is 2. The SMILES string of the molecule is Cc1coc(-c2ccc3c(C)cccc3c2C(=O)O)c1C(=O)O. The first-order valence-electron chi connectivity index (χ1n) is 6.99. The summed E-state index contributed by atoms with van der Waals surface area (Å²) in [5, 5.41) is 20.4. The first-order chi connectivity index (χ1) is 10.9. The normalized spacial score (nSPS) is 10.9. The van der Waals surface area contributed by atoms with Crippen molar-refractivity contribution in [3.63, 3.8) is 0 Å². The molecule has 1 heterocycles. The van der Waals surface area contributed by atoms with Crippen molar-refractivity contribution in [2.45, 2.75) is 13.8 Å². The Labute approximate surface area is 131 Å². The fourth-order valence-corrected chi connectivity index (χ4v) is 2.84. The summed E-state index contributed by atoms with van der Waals surface area (Å²) in [5.74, 6) is -2.20. The molecule has 0 radical (unpaired) electrons. The van der Waals surface area contributed by atoms with Crippen LogP contribution in [0.3, 0.4) is 0 Å². The third-order valence-electron chi connectivity index (χ3n) is 3.93. The van der Waals surface area contributed by atoms with Gasteiger partial charge in [-0.1, -0.05) is 24.3 Å². The van der Waals surface area contributed by atoms with E-state index in [1.165, 1.54) is 6.26 Å². The lowest BCUT2D eigenvalue weighted by Crippen LogP contribution is -2.04.